The lowest BCUT2D eigenvalue weighted by Gasteiger charge is -2.35. The van der Waals surface area contributed by atoms with Crippen molar-refractivity contribution >= 4 is 38.3 Å². The maximum absolute atomic E-state index is 13.2. The number of anilines is 1. The molecule has 2 heterocycles. The van der Waals surface area contributed by atoms with Gasteiger partial charge in [0.1, 0.15) is 5.82 Å². The number of fused-ring (bicyclic) bond motifs is 1. The fraction of sp³-hybridized carbons (Fsp3) is 0.263. The summed E-state index contributed by atoms with van der Waals surface area (Å²) in [5.74, 6) is -0.140. The van der Waals surface area contributed by atoms with Gasteiger partial charge in [-0.05, 0) is 30.3 Å². The molecule has 2 aromatic carbocycles. The van der Waals surface area contributed by atoms with E-state index in [1.807, 2.05) is 4.90 Å². The summed E-state index contributed by atoms with van der Waals surface area (Å²) in [5.41, 5.74) is 0.432. The van der Waals surface area contributed by atoms with Crippen molar-refractivity contribution in [3.63, 3.8) is 0 Å². The molecule has 0 N–H and O–H groups in total. The molecule has 1 saturated heterocycles. The van der Waals surface area contributed by atoms with Crippen molar-refractivity contribution in [1.29, 1.82) is 0 Å². The Kier molecular flexibility index (Phi) is 5.37. The average molecular weight is 439 g/mol. The molecule has 0 saturated carbocycles. The van der Waals surface area contributed by atoms with E-state index in [1.165, 1.54) is 16.4 Å². The highest BCUT2D eigenvalue weighted by Gasteiger charge is 2.30. The Labute approximate surface area is 171 Å². The predicted molar refractivity (Wildman–Crippen MR) is 107 cm³/mol. The number of para-hydroxylation sites is 1. The minimum absolute atomic E-state index is 0.130. The van der Waals surface area contributed by atoms with Gasteiger partial charge in [0.15, 0.2) is 5.82 Å². The van der Waals surface area contributed by atoms with E-state index in [0.717, 1.165) is 0 Å². The van der Waals surface area contributed by atoms with Crippen LogP contribution in [-0.4, -0.2) is 48.9 Å². The van der Waals surface area contributed by atoms with Crippen molar-refractivity contribution in [2.75, 3.05) is 31.1 Å². The number of sulfonamides is 1. The molecule has 0 bridgehead atoms. The van der Waals surface area contributed by atoms with E-state index in [4.69, 9.17) is 11.6 Å². The number of alkyl halides is 2. The molecule has 0 spiro atoms. The van der Waals surface area contributed by atoms with Crippen LogP contribution in [0.4, 0.5) is 14.6 Å². The van der Waals surface area contributed by atoms with Crippen LogP contribution in [0.2, 0.25) is 5.02 Å². The van der Waals surface area contributed by atoms with Crippen molar-refractivity contribution in [3.8, 4) is 0 Å². The maximum Gasteiger partial charge on any atom is 0.297 e. The van der Waals surface area contributed by atoms with Crippen LogP contribution in [0, 0.1) is 0 Å². The van der Waals surface area contributed by atoms with E-state index < -0.39 is 22.3 Å². The maximum atomic E-state index is 13.2. The lowest BCUT2D eigenvalue weighted by molar-refractivity contribution is 0.141. The standard InChI is InChI=1S/C19H17ClF2N4O2S/c20-13-4-3-5-14(12-13)29(27,28)26-10-8-25(9-11-26)19-15-6-1-2-7-16(15)23-18(24-19)17(21)22/h1-7,12,17H,8-11H2. The number of hydrogen-bond acceptors (Lipinski definition) is 5. The molecule has 0 radical (unpaired) electrons. The molecule has 29 heavy (non-hydrogen) atoms. The van der Waals surface area contributed by atoms with Gasteiger partial charge in [0, 0.05) is 36.6 Å². The number of hydrogen-bond donors (Lipinski definition) is 0. The van der Waals surface area contributed by atoms with Crippen LogP contribution in [0.15, 0.2) is 53.4 Å². The second kappa shape index (κ2) is 7.81. The molecule has 0 atom stereocenters. The summed E-state index contributed by atoms with van der Waals surface area (Å²) in [6.07, 6.45) is -2.79. The zero-order valence-corrected chi connectivity index (χ0v) is 16.7. The van der Waals surface area contributed by atoms with Crippen molar-refractivity contribution in [2.45, 2.75) is 11.3 Å². The zero-order valence-electron chi connectivity index (χ0n) is 15.2. The van der Waals surface area contributed by atoms with Crippen LogP contribution >= 0.6 is 11.6 Å². The van der Waals surface area contributed by atoms with Gasteiger partial charge in [-0.25, -0.2) is 27.2 Å². The first kappa shape index (κ1) is 19.9. The minimum Gasteiger partial charge on any atom is -0.353 e. The van der Waals surface area contributed by atoms with Gasteiger partial charge in [0.05, 0.1) is 10.4 Å². The Hall–Kier alpha value is -2.36. The van der Waals surface area contributed by atoms with Gasteiger partial charge >= 0.3 is 0 Å². The molecule has 1 aromatic heterocycles. The summed E-state index contributed by atoms with van der Waals surface area (Å²) >= 11 is 5.92. The fourth-order valence-corrected chi connectivity index (χ4v) is 5.06. The molecule has 1 aliphatic heterocycles. The van der Waals surface area contributed by atoms with Crippen LogP contribution in [-0.2, 0) is 10.0 Å². The highest BCUT2D eigenvalue weighted by Crippen LogP contribution is 2.29. The third-order valence-electron chi connectivity index (χ3n) is 4.77. The van der Waals surface area contributed by atoms with Gasteiger partial charge in [0.2, 0.25) is 10.0 Å². The molecule has 3 aromatic rings. The molecular weight excluding hydrogens is 422 g/mol. The molecule has 0 unspecified atom stereocenters. The van der Waals surface area contributed by atoms with Gasteiger partial charge in [-0.2, -0.15) is 4.31 Å². The second-order valence-corrected chi connectivity index (χ2v) is 8.95. The van der Waals surface area contributed by atoms with E-state index >= 15 is 0 Å². The van der Waals surface area contributed by atoms with Crippen molar-refractivity contribution in [2.24, 2.45) is 0 Å². The number of halogens is 3. The first-order valence-corrected chi connectivity index (χ1v) is 10.7. The topological polar surface area (TPSA) is 66.4 Å². The van der Waals surface area contributed by atoms with Crippen LogP contribution in [0.3, 0.4) is 0 Å². The normalized spacial score (nSPS) is 15.9. The number of aromatic nitrogens is 2. The molecule has 0 amide bonds. The first-order valence-electron chi connectivity index (χ1n) is 8.92. The number of nitrogens with zero attached hydrogens (tertiary/aromatic N) is 4. The summed E-state index contributed by atoms with van der Waals surface area (Å²) in [4.78, 5) is 9.94. The lowest BCUT2D eigenvalue weighted by Crippen LogP contribution is -2.49. The van der Waals surface area contributed by atoms with Crippen LogP contribution < -0.4 is 4.90 Å². The zero-order chi connectivity index (χ0) is 20.6. The highest BCUT2D eigenvalue weighted by atomic mass is 35.5. The number of rotatable bonds is 4. The van der Waals surface area contributed by atoms with E-state index in [0.29, 0.717) is 34.8 Å². The number of benzene rings is 2. The molecule has 0 aliphatic carbocycles. The van der Waals surface area contributed by atoms with Crippen molar-refractivity contribution < 1.29 is 17.2 Å². The molecule has 1 fully saturated rings. The summed E-state index contributed by atoms with van der Waals surface area (Å²) < 4.78 is 53.6. The quantitative estimate of drug-likeness (QED) is 0.621. The Balaban J connectivity index is 1.60. The van der Waals surface area contributed by atoms with Gasteiger partial charge in [0.25, 0.3) is 6.43 Å². The minimum atomic E-state index is -3.68. The average Bonchev–Trinajstić information content (AvgIpc) is 2.73. The number of piperazine rings is 1. The smallest absolute Gasteiger partial charge is 0.297 e. The molecule has 152 valence electrons. The van der Waals surface area contributed by atoms with Crippen LogP contribution in [0.25, 0.3) is 10.9 Å². The SMILES string of the molecule is O=S(=O)(c1cccc(Cl)c1)N1CCN(c2nc(C(F)F)nc3ccccc23)CC1. The van der Waals surface area contributed by atoms with Gasteiger partial charge in [-0.1, -0.05) is 29.8 Å². The summed E-state index contributed by atoms with van der Waals surface area (Å²) in [7, 11) is -3.68. The van der Waals surface area contributed by atoms with Crippen molar-refractivity contribution in [1.82, 2.24) is 14.3 Å². The summed E-state index contributed by atoms with van der Waals surface area (Å²) in [6, 6.07) is 13.1. The van der Waals surface area contributed by atoms with Crippen molar-refractivity contribution in [3.05, 3.63) is 59.4 Å². The Morgan fingerprint density at radius 2 is 1.69 bits per heavy atom. The first-order chi connectivity index (χ1) is 13.9. The summed E-state index contributed by atoms with van der Waals surface area (Å²) in [5, 5.41) is 1.000. The Bertz CT molecular complexity index is 1150. The molecule has 4 rings (SSSR count). The Morgan fingerprint density at radius 1 is 0.966 bits per heavy atom. The van der Waals surface area contributed by atoms with Crippen LogP contribution in [0.1, 0.15) is 12.2 Å². The summed E-state index contributed by atoms with van der Waals surface area (Å²) in [6.45, 7) is 1.06. The second-order valence-electron chi connectivity index (χ2n) is 6.57. The monoisotopic (exact) mass is 438 g/mol. The van der Waals surface area contributed by atoms with Gasteiger partial charge in [-0.3, -0.25) is 0 Å². The van der Waals surface area contributed by atoms with Gasteiger partial charge < -0.3 is 4.90 Å². The third kappa shape index (κ3) is 3.90. The highest BCUT2D eigenvalue weighted by molar-refractivity contribution is 7.89. The fourth-order valence-electron chi connectivity index (χ4n) is 3.33. The van der Waals surface area contributed by atoms with E-state index in [2.05, 4.69) is 9.97 Å². The van der Waals surface area contributed by atoms with E-state index in [-0.39, 0.29) is 18.0 Å². The molecule has 6 nitrogen and oxygen atoms in total. The van der Waals surface area contributed by atoms with E-state index in [1.54, 1.807) is 36.4 Å². The van der Waals surface area contributed by atoms with Crippen LogP contribution in [0.5, 0.6) is 0 Å². The lowest BCUT2D eigenvalue weighted by atomic mass is 10.2. The largest absolute Gasteiger partial charge is 0.353 e. The molecule has 10 heteroatoms. The molecule has 1 aliphatic rings. The Morgan fingerprint density at radius 3 is 2.38 bits per heavy atom. The van der Waals surface area contributed by atoms with Gasteiger partial charge in [-0.15, -0.1) is 0 Å². The third-order valence-corrected chi connectivity index (χ3v) is 6.90. The predicted octanol–water partition coefficient (Wildman–Crippen LogP) is 3.73. The molecular formula is C19H17ClF2N4O2S. The van der Waals surface area contributed by atoms with E-state index in [9.17, 15) is 17.2 Å².